The molecule has 0 amide bonds. The molecule has 1 atom stereocenters. The van der Waals surface area contributed by atoms with Crippen molar-refractivity contribution in [3.63, 3.8) is 0 Å². The molecule has 2 aromatic rings. The van der Waals surface area contributed by atoms with Crippen LogP contribution in [-0.2, 0) is 18.1 Å². The molecule has 0 spiro atoms. The summed E-state index contributed by atoms with van der Waals surface area (Å²) >= 11 is 0. The molecule has 0 saturated carbocycles. The van der Waals surface area contributed by atoms with Crippen molar-refractivity contribution in [3.8, 4) is 0 Å². The third-order valence-electron chi connectivity index (χ3n) is 4.95. The topological polar surface area (TPSA) is 14.1 Å². The fourth-order valence-electron chi connectivity index (χ4n) is 3.93. The smallest absolute Gasteiger partial charge is 0.416 e. The first kappa shape index (κ1) is 17.8. The third kappa shape index (κ3) is 3.24. The average molecular weight is 350 g/mol. The van der Waals surface area contributed by atoms with Crippen LogP contribution >= 0.6 is 0 Å². The van der Waals surface area contributed by atoms with E-state index in [9.17, 15) is 17.6 Å². The van der Waals surface area contributed by atoms with E-state index in [1.54, 1.807) is 6.07 Å². The summed E-state index contributed by atoms with van der Waals surface area (Å²) in [6.45, 7) is 6.07. The summed E-state index contributed by atoms with van der Waals surface area (Å²) in [6, 6.07) is 8.72. The molecule has 0 heterocycles. The van der Waals surface area contributed by atoms with Gasteiger partial charge in [-0.3, -0.25) is 0 Å². The van der Waals surface area contributed by atoms with Crippen LogP contribution in [0.5, 0.6) is 0 Å². The van der Waals surface area contributed by atoms with E-state index in [0.717, 1.165) is 30.2 Å². The Hall–Kier alpha value is -2.04. The fourth-order valence-corrected chi connectivity index (χ4v) is 3.93. The minimum absolute atomic E-state index is 0.00933. The molecule has 1 unspecified atom stereocenters. The van der Waals surface area contributed by atoms with Gasteiger partial charge in [0, 0.05) is 0 Å². The van der Waals surface area contributed by atoms with Crippen LogP contribution in [0, 0.1) is 5.82 Å². The maximum atomic E-state index is 14.0. The number of benzene rings is 2. The van der Waals surface area contributed by atoms with Crippen molar-refractivity contribution in [2.75, 3.05) is 0 Å². The van der Waals surface area contributed by atoms with Crippen LogP contribution in [0.3, 0.4) is 0 Å². The molecule has 0 N–H and O–H groups in total. The lowest BCUT2D eigenvalue weighted by Crippen LogP contribution is -2.11. The van der Waals surface area contributed by atoms with E-state index in [1.165, 1.54) is 5.56 Å². The van der Waals surface area contributed by atoms with Crippen molar-refractivity contribution in [3.05, 3.63) is 69.8 Å². The van der Waals surface area contributed by atoms with Crippen molar-refractivity contribution in [2.24, 2.45) is 0 Å². The van der Waals surface area contributed by atoms with E-state index in [-0.39, 0.29) is 17.9 Å². The maximum Gasteiger partial charge on any atom is 0.416 e. The Labute approximate surface area is 145 Å². The summed E-state index contributed by atoms with van der Waals surface area (Å²) in [5, 5.41) is 4.36. The summed E-state index contributed by atoms with van der Waals surface area (Å²) in [4.78, 5) is 0. The first-order valence-electron chi connectivity index (χ1n) is 8.27. The Morgan fingerprint density at radius 2 is 1.80 bits per heavy atom. The number of nitrogens with zero attached hydrogens (tertiary/aromatic N) is 1. The highest BCUT2D eigenvalue weighted by atomic mass is 19.4. The zero-order valence-electron chi connectivity index (χ0n) is 14.4. The van der Waals surface area contributed by atoms with Gasteiger partial charge in [0.25, 0.3) is 0 Å². The zero-order valence-corrected chi connectivity index (χ0v) is 14.4. The summed E-state index contributed by atoms with van der Waals surface area (Å²) in [5.41, 5.74) is 1.54. The number of rotatable bonds is 3. The quantitative estimate of drug-likeness (QED) is 0.538. The van der Waals surface area contributed by atoms with Gasteiger partial charge in [0.2, 0.25) is 0 Å². The predicted molar refractivity (Wildman–Crippen MR) is 90.6 cm³/mol. The molecule has 1 aliphatic rings. The average Bonchev–Trinajstić information content (AvgIpc) is 2.75. The van der Waals surface area contributed by atoms with Crippen LogP contribution in [0.2, 0.25) is 0 Å². The van der Waals surface area contributed by atoms with E-state index in [4.69, 9.17) is 0 Å². The standard InChI is InChI=1S/C20H20F4N/c1-12-10-19(2,3)15-7-5-9-17(18(12)15)25-11-13-14(20(22,23)24)6-4-8-16(13)21/h4-9,12H,10-11H2,1-3H3/q-1. The molecule has 1 nitrogen and oxygen atoms in total. The van der Waals surface area contributed by atoms with Crippen LogP contribution < -0.4 is 0 Å². The van der Waals surface area contributed by atoms with Gasteiger partial charge < -0.3 is 5.32 Å². The Morgan fingerprint density at radius 1 is 1.12 bits per heavy atom. The van der Waals surface area contributed by atoms with Gasteiger partial charge in [-0.25, -0.2) is 4.39 Å². The lowest BCUT2D eigenvalue weighted by Gasteiger charge is -2.28. The van der Waals surface area contributed by atoms with E-state index < -0.39 is 23.1 Å². The molecule has 0 bridgehead atoms. The van der Waals surface area contributed by atoms with E-state index in [2.05, 4.69) is 26.1 Å². The lowest BCUT2D eigenvalue weighted by molar-refractivity contribution is -0.138. The summed E-state index contributed by atoms with van der Waals surface area (Å²) in [7, 11) is 0. The number of halogens is 4. The second kappa shape index (κ2) is 6.04. The number of hydrogen-bond acceptors (Lipinski definition) is 0. The first-order chi connectivity index (χ1) is 11.6. The minimum atomic E-state index is -4.60. The fraction of sp³-hybridized carbons (Fsp3) is 0.400. The molecule has 0 radical (unpaired) electrons. The molecule has 0 saturated heterocycles. The lowest BCUT2D eigenvalue weighted by atomic mass is 9.86. The summed E-state index contributed by atoms with van der Waals surface area (Å²) in [5.74, 6) is -0.604. The third-order valence-corrected chi connectivity index (χ3v) is 4.95. The molecule has 0 aromatic heterocycles. The minimum Gasteiger partial charge on any atom is -0.680 e. The van der Waals surface area contributed by atoms with Gasteiger partial charge in [-0.2, -0.15) is 13.2 Å². The SMILES string of the molecule is CC1CC(C)(C)c2cccc([N-]Cc3c(F)cccc3C(F)(F)F)c21. The van der Waals surface area contributed by atoms with Crippen LogP contribution in [0.1, 0.15) is 55.4 Å². The van der Waals surface area contributed by atoms with Gasteiger partial charge in [-0.05, 0) is 41.0 Å². The molecule has 0 aliphatic heterocycles. The second-order valence-corrected chi connectivity index (χ2v) is 7.31. The number of alkyl halides is 3. The van der Waals surface area contributed by atoms with Crippen molar-refractivity contribution in [1.29, 1.82) is 0 Å². The van der Waals surface area contributed by atoms with Crippen molar-refractivity contribution in [1.82, 2.24) is 0 Å². The molecular weight excluding hydrogens is 330 g/mol. The van der Waals surface area contributed by atoms with Gasteiger partial charge >= 0.3 is 6.18 Å². The van der Waals surface area contributed by atoms with Crippen LogP contribution in [-0.4, -0.2) is 0 Å². The molecule has 5 heteroatoms. The first-order valence-corrected chi connectivity index (χ1v) is 8.27. The number of fused-ring (bicyclic) bond motifs is 1. The molecule has 3 rings (SSSR count). The van der Waals surface area contributed by atoms with Gasteiger partial charge in [0.05, 0.1) is 5.56 Å². The summed E-state index contributed by atoms with van der Waals surface area (Å²) in [6.07, 6.45) is -3.64. The maximum absolute atomic E-state index is 14.0. The highest BCUT2D eigenvalue weighted by Gasteiger charge is 2.35. The normalized spacial score (nSPS) is 18.9. The van der Waals surface area contributed by atoms with E-state index >= 15 is 0 Å². The molecule has 2 aromatic carbocycles. The summed E-state index contributed by atoms with van der Waals surface area (Å²) < 4.78 is 53.4. The molecule has 0 fully saturated rings. The second-order valence-electron chi connectivity index (χ2n) is 7.31. The van der Waals surface area contributed by atoms with Crippen molar-refractivity contribution < 1.29 is 17.6 Å². The Kier molecular flexibility index (Phi) is 4.30. The highest BCUT2D eigenvalue weighted by molar-refractivity contribution is 5.63. The van der Waals surface area contributed by atoms with Crippen LogP contribution in [0.4, 0.5) is 23.2 Å². The molecular formula is C20H20F4N-. The Morgan fingerprint density at radius 3 is 2.48 bits per heavy atom. The van der Waals surface area contributed by atoms with Gasteiger partial charge in [0.15, 0.2) is 0 Å². The molecule has 134 valence electrons. The van der Waals surface area contributed by atoms with E-state index in [0.29, 0.717) is 5.69 Å². The molecule has 25 heavy (non-hydrogen) atoms. The Bertz CT molecular complexity index is 793. The van der Waals surface area contributed by atoms with Gasteiger partial charge in [-0.15, -0.1) is 12.2 Å². The predicted octanol–water partition coefficient (Wildman–Crippen LogP) is 6.83. The number of hydrogen-bond donors (Lipinski definition) is 0. The largest absolute Gasteiger partial charge is 0.680 e. The Balaban J connectivity index is 1.94. The van der Waals surface area contributed by atoms with E-state index in [1.807, 2.05) is 12.1 Å². The molecule has 1 aliphatic carbocycles. The van der Waals surface area contributed by atoms with Crippen LogP contribution in [0.15, 0.2) is 36.4 Å². The highest BCUT2D eigenvalue weighted by Crippen LogP contribution is 2.50. The van der Waals surface area contributed by atoms with Crippen molar-refractivity contribution in [2.45, 2.75) is 51.2 Å². The van der Waals surface area contributed by atoms with Gasteiger partial charge in [-0.1, -0.05) is 50.6 Å². The zero-order chi connectivity index (χ0) is 18.4. The van der Waals surface area contributed by atoms with Crippen LogP contribution in [0.25, 0.3) is 5.32 Å². The van der Waals surface area contributed by atoms with Gasteiger partial charge in [0.1, 0.15) is 5.82 Å². The monoisotopic (exact) mass is 350 g/mol. The van der Waals surface area contributed by atoms with Crippen molar-refractivity contribution >= 4 is 5.69 Å².